The molecule has 0 unspecified atom stereocenters. The van der Waals surface area contributed by atoms with Gasteiger partial charge in [0, 0.05) is 21.9 Å². The quantitative estimate of drug-likeness (QED) is 0.745. The van der Waals surface area contributed by atoms with Crippen LogP contribution in [-0.2, 0) is 17.8 Å². The summed E-state index contributed by atoms with van der Waals surface area (Å²) in [5.41, 5.74) is 2.30. The molecule has 0 amide bonds. The van der Waals surface area contributed by atoms with Crippen LogP contribution in [0.2, 0.25) is 5.02 Å². The minimum Gasteiger partial charge on any atom is -0.480 e. The largest absolute Gasteiger partial charge is 0.480 e. The molecular formula is C18H17ClN2O3S. The second kappa shape index (κ2) is 6.61. The number of nitrogens with zero attached hydrogens (tertiary/aromatic N) is 2. The molecule has 0 radical (unpaired) electrons. The zero-order valence-electron chi connectivity index (χ0n) is 14.1. The minimum absolute atomic E-state index is 0.309. The molecule has 7 heteroatoms. The van der Waals surface area contributed by atoms with Gasteiger partial charge in [0.25, 0.3) is 5.56 Å². The highest BCUT2D eigenvalue weighted by Crippen LogP contribution is 2.37. The number of halogens is 1. The van der Waals surface area contributed by atoms with Crippen LogP contribution in [0, 0.1) is 13.8 Å². The lowest BCUT2D eigenvalue weighted by Crippen LogP contribution is -2.28. The smallest absolute Gasteiger partial charge is 0.323 e. The van der Waals surface area contributed by atoms with Gasteiger partial charge in [-0.2, -0.15) is 0 Å². The van der Waals surface area contributed by atoms with Crippen LogP contribution in [0.4, 0.5) is 0 Å². The molecule has 3 rings (SSSR count). The first-order valence-corrected chi connectivity index (χ1v) is 9.04. The number of carboxylic acid groups (broad SMARTS) is 1. The Morgan fingerprint density at radius 3 is 2.68 bits per heavy atom. The van der Waals surface area contributed by atoms with Gasteiger partial charge in [0.1, 0.15) is 17.2 Å². The summed E-state index contributed by atoms with van der Waals surface area (Å²) < 4.78 is 1.25. The Labute approximate surface area is 153 Å². The first kappa shape index (κ1) is 17.6. The predicted molar refractivity (Wildman–Crippen MR) is 101 cm³/mol. The van der Waals surface area contributed by atoms with Crippen molar-refractivity contribution in [3.05, 3.63) is 49.8 Å². The number of hydrogen-bond acceptors (Lipinski definition) is 4. The summed E-state index contributed by atoms with van der Waals surface area (Å²) in [7, 11) is 0. The Bertz CT molecular complexity index is 1050. The van der Waals surface area contributed by atoms with E-state index in [1.165, 1.54) is 15.9 Å². The van der Waals surface area contributed by atoms with Gasteiger partial charge in [0.15, 0.2) is 0 Å². The third kappa shape index (κ3) is 3.07. The van der Waals surface area contributed by atoms with E-state index in [9.17, 15) is 9.59 Å². The summed E-state index contributed by atoms with van der Waals surface area (Å²) in [6, 6.07) is 5.61. The molecular weight excluding hydrogens is 360 g/mol. The zero-order valence-corrected chi connectivity index (χ0v) is 15.7. The highest BCUT2D eigenvalue weighted by molar-refractivity contribution is 7.19. The van der Waals surface area contributed by atoms with Crippen LogP contribution in [-0.4, -0.2) is 20.6 Å². The molecule has 1 aromatic carbocycles. The predicted octanol–water partition coefficient (Wildman–Crippen LogP) is 4.04. The van der Waals surface area contributed by atoms with Crippen LogP contribution in [0.15, 0.2) is 23.0 Å². The number of aliphatic carboxylic acids is 1. The molecule has 25 heavy (non-hydrogen) atoms. The molecule has 0 saturated heterocycles. The van der Waals surface area contributed by atoms with E-state index in [1.807, 2.05) is 32.9 Å². The van der Waals surface area contributed by atoms with Gasteiger partial charge in [-0.1, -0.05) is 24.6 Å². The van der Waals surface area contributed by atoms with Gasteiger partial charge in [-0.15, -0.1) is 11.3 Å². The number of thiophene rings is 1. The monoisotopic (exact) mass is 376 g/mol. The molecule has 0 aliphatic heterocycles. The Morgan fingerprint density at radius 2 is 2.08 bits per heavy atom. The van der Waals surface area contributed by atoms with Crippen LogP contribution in [0.3, 0.4) is 0 Å². The van der Waals surface area contributed by atoms with Gasteiger partial charge >= 0.3 is 5.97 Å². The Balaban J connectivity index is 2.37. The third-order valence-electron chi connectivity index (χ3n) is 4.12. The van der Waals surface area contributed by atoms with Crippen molar-refractivity contribution in [3.8, 4) is 11.1 Å². The van der Waals surface area contributed by atoms with E-state index in [0.717, 1.165) is 21.6 Å². The highest BCUT2D eigenvalue weighted by Gasteiger charge is 2.20. The van der Waals surface area contributed by atoms with Crippen LogP contribution in [0.5, 0.6) is 0 Å². The molecule has 3 aromatic rings. The van der Waals surface area contributed by atoms with Crippen molar-refractivity contribution < 1.29 is 9.90 Å². The number of hydrogen-bond donors (Lipinski definition) is 1. The van der Waals surface area contributed by atoms with Crippen molar-refractivity contribution >= 4 is 39.1 Å². The zero-order chi connectivity index (χ0) is 18.3. The Hall–Kier alpha value is -2.18. The van der Waals surface area contributed by atoms with Crippen molar-refractivity contribution in [1.82, 2.24) is 9.55 Å². The average Bonchev–Trinajstić information content (AvgIpc) is 2.88. The minimum atomic E-state index is -1.06. The molecule has 0 fully saturated rings. The molecule has 0 spiro atoms. The molecule has 2 heterocycles. The van der Waals surface area contributed by atoms with E-state index in [-0.39, 0.29) is 12.1 Å². The van der Waals surface area contributed by atoms with E-state index in [0.29, 0.717) is 27.5 Å². The fourth-order valence-corrected chi connectivity index (χ4v) is 4.12. The van der Waals surface area contributed by atoms with E-state index in [1.54, 1.807) is 6.07 Å². The maximum atomic E-state index is 13.0. The molecule has 5 nitrogen and oxygen atoms in total. The number of carbonyl (C=O) groups is 1. The topological polar surface area (TPSA) is 72.2 Å². The standard InChI is InChI=1S/C18H17ClN2O3S/c1-4-13-20-17-16(18(24)21(13)8-14(22)23)15(10(3)25-17)11-5-6-12(19)9(2)7-11/h5-7H,4,8H2,1-3H3,(H,22,23). The van der Waals surface area contributed by atoms with Gasteiger partial charge < -0.3 is 5.11 Å². The summed E-state index contributed by atoms with van der Waals surface area (Å²) in [6.07, 6.45) is 0.491. The summed E-state index contributed by atoms with van der Waals surface area (Å²) in [5, 5.41) is 10.3. The SMILES string of the molecule is CCc1nc2sc(C)c(-c3ccc(Cl)c(C)c3)c2c(=O)n1CC(=O)O. The maximum Gasteiger partial charge on any atom is 0.323 e. The summed E-state index contributed by atoms with van der Waals surface area (Å²) in [5.74, 6) is -0.575. The summed E-state index contributed by atoms with van der Waals surface area (Å²) in [6.45, 7) is 5.32. The van der Waals surface area contributed by atoms with Gasteiger partial charge in [-0.25, -0.2) is 4.98 Å². The molecule has 0 saturated carbocycles. The molecule has 2 aromatic heterocycles. The van der Waals surface area contributed by atoms with Crippen LogP contribution >= 0.6 is 22.9 Å². The van der Waals surface area contributed by atoms with E-state index >= 15 is 0 Å². The van der Waals surface area contributed by atoms with Gasteiger partial charge in [0.05, 0.1) is 5.39 Å². The van der Waals surface area contributed by atoms with Crippen LogP contribution in [0.1, 0.15) is 23.2 Å². The second-order valence-corrected chi connectivity index (χ2v) is 7.45. The van der Waals surface area contributed by atoms with E-state index in [4.69, 9.17) is 16.7 Å². The number of carboxylic acids is 1. The van der Waals surface area contributed by atoms with E-state index < -0.39 is 5.97 Å². The summed E-state index contributed by atoms with van der Waals surface area (Å²) >= 11 is 7.56. The fraction of sp³-hybridized carbons (Fsp3) is 0.278. The van der Waals surface area contributed by atoms with Crippen molar-refractivity contribution in [2.24, 2.45) is 0 Å². The molecule has 0 bridgehead atoms. The van der Waals surface area contributed by atoms with Crippen molar-refractivity contribution in [2.75, 3.05) is 0 Å². The lowest BCUT2D eigenvalue weighted by Gasteiger charge is -2.10. The fourth-order valence-electron chi connectivity index (χ4n) is 2.95. The van der Waals surface area contributed by atoms with Crippen LogP contribution < -0.4 is 5.56 Å². The first-order valence-electron chi connectivity index (χ1n) is 7.84. The normalized spacial score (nSPS) is 11.2. The number of benzene rings is 1. The molecule has 0 aliphatic rings. The van der Waals surface area contributed by atoms with Gasteiger partial charge in [-0.3, -0.25) is 14.2 Å². The molecule has 0 atom stereocenters. The van der Waals surface area contributed by atoms with E-state index in [2.05, 4.69) is 4.98 Å². The summed E-state index contributed by atoms with van der Waals surface area (Å²) in [4.78, 5) is 30.4. The number of rotatable bonds is 4. The van der Waals surface area contributed by atoms with Crippen LogP contribution in [0.25, 0.3) is 21.3 Å². The first-order chi connectivity index (χ1) is 11.8. The Morgan fingerprint density at radius 1 is 1.36 bits per heavy atom. The molecule has 130 valence electrons. The van der Waals surface area contributed by atoms with Crippen molar-refractivity contribution in [1.29, 1.82) is 0 Å². The average molecular weight is 377 g/mol. The second-order valence-electron chi connectivity index (χ2n) is 5.84. The highest BCUT2D eigenvalue weighted by atomic mass is 35.5. The maximum absolute atomic E-state index is 13.0. The third-order valence-corrected chi connectivity index (χ3v) is 5.55. The van der Waals surface area contributed by atoms with Crippen molar-refractivity contribution in [2.45, 2.75) is 33.7 Å². The number of fused-ring (bicyclic) bond motifs is 1. The van der Waals surface area contributed by atoms with Crippen molar-refractivity contribution in [3.63, 3.8) is 0 Å². The molecule has 0 aliphatic carbocycles. The lowest BCUT2D eigenvalue weighted by atomic mass is 10.0. The van der Waals surface area contributed by atoms with Gasteiger partial charge in [0.2, 0.25) is 0 Å². The number of aromatic nitrogens is 2. The number of aryl methyl sites for hydroxylation is 3. The lowest BCUT2D eigenvalue weighted by molar-refractivity contribution is -0.137. The Kier molecular flexibility index (Phi) is 4.67. The van der Waals surface area contributed by atoms with Gasteiger partial charge in [-0.05, 0) is 37.1 Å². The molecule has 1 N–H and O–H groups in total.